The fourth-order valence-electron chi connectivity index (χ4n) is 5.04. The third-order valence-corrected chi connectivity index (χ3v) is 6.95. The topological polar surface area (TPSA) is 108 Å². The monoisotopic (exact) mass is 507 g/mol. The number of fused-ring (bicyclic) bond motifs is 1. The van der Waals surface area contributed by atoms with Crippen LogP contribution in [0.25, 0.3) is 33.4 Å². The largest absolute Gasteiger partial charge is 0.478 e. The molecule has 0 aliphatic heterocycles. The second-order valence-electron chi connectivity index (χ2n) is 9.72. The molecule has 0 saturated carbocycles. The van der Waals surface area contributed by atoms with E-state index in [0.717, 1.165) is 39.2 Å². The summed E-state index contributed by atoms with van der Waals surface area (Å²) in [5, 5.41) is 20.7. The van der Waals surface area contributed by atoms with Gasteiger partial charge in [0.05, 0.1) is 22.7 Å². The van der Waals surface area contributed by atoms with Gasteiger partial charge in [0.2, 0.25) is 0 Å². The van der Waals surface area contributed by atoms with Gasteiger partial charge in [0, 0.05) is 33.6 Å². The lowest BCUT2D eigenvalue weighted by atomic mass is 9.97. The van der Waals surface area contributed by atoms with E-state index >= 15 is 0 Å². The molecule has 3 N–H and O–H groups in total. The first kappa shape index (κ1) is 25.0. The van der Waals surface area contributed by atoms with Crippen LogP contribution in [0, 0.1) is 27.7 Å². The maximum absolute atomic E-state index is 13.5. The Hall–Kier alpha value is -4.65. The van der Waals surface area contributed by atoms with Gasteiger partial charge >= 0.3 is 5.97 Å². The minimum atomic E-state index is -1.01. The molecule has 1 atom stereocenters. The molecule has 2 aromatic heterocycles. The maximum atomic E-state index is 13.5. The molecule has 7 heteroatoms. The number of hydrogen-bond acceptors (Lipinski definition) is 5. The van der Waals surface area contributed by atoms with E-state index in [4.69, 9.17) is 4.42 Å². The number of aryl methyl sites for hydroxylation is 3. The first-order valence-corrected chi connectivity index (χ1v) is 12.4. The van der Waals surface area contributed by atoms with Crippen LogP contribution in [0.1, 0.15) is 51.4 Å². The smallest absolute Gasteiger partial charge is 0.337 e. The van der Waals surface area contributed by atoms with E-state index in [9.17, 15) is 14.7 Å². The summed E-state index contributed by atoms with van der Waals surface area (Å²) >= 11 is 0. The van der Waals surface area contributed by atoms with Crippen LogP contribution >= 0.6 is 0 Å². The Bertz CT molecular complexity index is 1730. The van der Waals surface area contributed by atoms with Crippen LogP contribution in [0.15, 0.2) is 69.9 Å². The van der Waals surface area contributed by atoms with E-state index < -0.39 is 5.97 Å². The lowest BCUT2D eigenvalue weighted by molar-refractivity contribution is 0.0698. The van der Waals surface area contributed by atoms with E-state index in [1.54, 1.807) is 31.2 Å². The zero-order valence-corrected chi connectivity index (χ0v) is 22.0. The number of nitrogens with zero attached hydrogens (tertiary/aromatic N) is 1. The molecule has 0 aliphatic rings. The molecule has 0 aliphatic carbocycles. The van der Waals surface area contributed by atoms with Gasteiger partial charge in [-0.15, -0.1) is 0 Å². The molecule has 7 nitrogen and oxygen atoms in total. The third-order valence-electron chi connectivity index (χ3n) is 6.95. The van der Waals surface area contributed by atoms with E-state index in [-0.39, 0.29) is 17.0 Å². The Balaban J connectivity index is 1.61. The highest BCUT2D eigenvalue weighted by molar-refractivity contribution is 5.94. The van der Waals surface area contributed by atoms with Crippen molar-refractivity contribution in [3.05, 3.63) is 105 Å². The summed E-state index contributed by atoms with van der Waals surface area (Å²) < 4.78 is 6.49. The molecule has 5 aromatic rings. The summed E-state index contributed by atoms with van der Waals surface area (Å²) in [6, 6.07) is 18.2. The first-order chi connectivity index (χ1) is 18.2. The molecule has 5 rings (SSSR count). The van der Waals surface area contributed by atoms with Crippen molar-refractivity contribution in [2.75, 3.05) is 5.32 Å². The lowest BCUT2D eigenvalue weighted by Gasteiger charge is -2.20. The molecule has 0 bridgehead atoms. The predicted molar refractivity (Wildman–Crippen MR) is 150 cm³/mol. The number of benzene rings is 3. The van der Waals surface area contributed by atoms with E-state index in [0.29, 0.717) is 28.0 Å². The Morgan fingerprint density at radius 1 is 1.00 bits per heavy atom. The molecule has 0 radical (unpaired) electrons. The van der Waals surface area contributed by atoms with Crippen molar-refractivity contribution in [3.63, 3.8) is 0 Å². The number of carboxylic acids is 1. The van der Waals surface area contributed by atoms with E-state index in [2.05, 4.69) is 15.5 Å². The van der Waals surface area contributed by atoms with Crippen molar-refractivity contribution < 1.29 is 14.3 Å². The van der Waals surface area contributed by atoms with Crippen LogP contribution in [0.4, 0.5) is 5.69 Å². The summed E-state index contributed by atoms with van der Waals surface area (Å²) in [6.07, 6.45) is 0. The zero-order valence-electron chi connectivity index (χ0n) is 22.0. The molecule has 38 heavy (non-hydrogen) atoms. The summed E-state index contributed by atoms with van der Waals surface area (Å²) in [5.74, 6) is -0.499. The minimum absolute atomic E-state index is 0.0880. The number of anilines is 1. The van der Waals surface area contributed by atoms with Crippen LogP contribution < -0.4 is 10.7 Å². The van der Waals surface area contributed by atoms with Gasteiger partial charge in [-0.3, -0.25) is 9.89 Å². The van der Waals surface area contributed by atoms with Crippen molar-refractivity contribution in [2.24, 2.45) is 0 Å². The number of para-hydroxylation sites is 1. The summed E-state index contributed by atoms with van der Waals surface area (Å²) in [5.41, 5.74) is 8.12. The van der Waals surface area contributed by atoms with Crippen LogP contribution in [-0.2, 0) is 0 Å². The van der Waals surface area contributed by atoms with Gasteiger partial charge in [-0.05, 0) is 63.9 Å². The predicted octanol–water partition coefficient (Wildman–Crippen LogP) is 6.96. The van der Waals surface area contributed by atoms with Crippen LogP contribution in [0.2, 0.25) is 0 Å². The number of nitrogens with one attached hydrogen (secondary N) is 2. The highest BCUT2D eigenvalue weighted by Gasteiger charge is 2.20. The normalized spacial score (nSPS) is 12.0. The lowest BCUT2D eigenvalue weighted by Crippen LogP contribution is -2.14. The van der Waals surface area contributed by atoms with Gasteiger partial charge in [-0.25, -0.2) is 4.79 Å². The molecule has 0 spiro atoms. The number of aromatic amines is 1. The number of rotatable bonds is 6. The molecule has 192 valence electrons. The van der Waals surface area contributed by atoms with Gasteiger partial charge in [0.15, 0.2) is 5.43 Å². The highest BCUT2D eigenvalue weighted by atomic mass is 16.4. The standard InChI is InChI=1S/C31H29N3O4/c1-16-14-24(18(3)32-26-9-7-6-8-23(26)31(36)37)30-25(15-16)28(35)17(2)29(38-30)22-12-10-21(11-13-22)27-19(4)33-34-20(27)5/h6-15,18,32H,1-5H3,(H,33,34)(H,36,37)/t18-/m1/s1. The Kier molecular flexibility index (Phi) is 6.36. The van der Waals surface area contributed by atoms with Gasteiger partial charge in [0.1, 0.15) is 11.3 Å². The van der Waals surface area contributed by atoms with Crippen molar-refractivity contribution >= 4 is 22.6 Å². The first-order valence-electron chi connectivity index (χ1n) is 12.4. The Morgan fingerprint density at radius 3 is 2.34 bits per heavy atom. The third kappa shape index (κ3) is 4.36. The van der Waals surface area contributed by atoms with Gasteiger partial charge < -0.3 is 14.8 Å². The highest BCUT2D eigenvalue weighted by Crippen LogP contribution is 2.34. The van der Waals surface area contributed by atoms with Crippen molar-refractivity contribution in [1.82, 2.24) is 10.2 Å². The van der Waals surface area contributed by atoms with Crippen molar-refractivity contribution in [1.29, 1.82) is 0 Å². The molecule has 2 heterocycles. The number of aromatic carboxylic acids is 1. The van der Waals surface area contributed by atoms with Crippen molar-refractivity contribution in [2.45, 2.75) is 40.7 Å². The fraction of sp³-hybridized carbons (Fsp3) is 0.194. The molecule has 0 amide bonds. The van der Waals surface area contributed by atoms with Gasteiger partial charge in [0.25, 0.3) is 0 Å². The van der Waals surface area contributed by atoms with Crippen LogP contribution in [-0.4, -0.2) is 21.3 Å². The number of aromatic nitrogens is 2. The van der Waals surface area contributed by atoms with Crippen LogP contribution in [0.5, 0.6) is 0 Å². The fourth-order valence-corrected chi connectivity index (χ4v) is 5.04. The Morgan fingerprint density at radius 2 is 1.68 bits per heavy atom. The molecular formula is C31H29N3O4. The molecular weight excluding hydrogens is 478 g/mol. The summed E-state index contributed by atoms with van der Waals surface area (Å²) in [4.78, 5) is 25.2. The number of hydrogen-bond donors (Lipinski definition) is 3. The van der Waals surface area contributed by atoms with E-state index in [1.807, 2.05) is 64.1 Å². The van der Waals surface area contributed by atoms with E-state index in [1.165, 1.54) is 0 Å². The number of H-pyrrole nitrogens is 1. The molecule has 3 aromatic carbocycles. The average Bonchev–Trinajstić information content (AvgIpc) is 3.24. The average molecular weight is 508 g/mol. The Labute approximate surface area is 220 Å². The SMILES string of the molecule is Cc1cc([C@@H](C)Nc2ccccc2C(=O)O)c2oc(-c3ccc(-c4c(C)n[nH]c4C)cc3)c(C)c(=O)c2c1. The second kappa shape index (κ2) is 9.67. The van der Waals surface area contributed by atoms with Gasteiger partial charge in [-0.1, -0.05) is 42.5 Å². The molecule has 0 saturated heterocycles. The second-order valence-corrected chi connectivity index (χ2v) is 9.72. The maximum Gasteiger partial charge on any atom is 0.337 e. The summed E-state index contributed by atoms with van der Waals surface area (Å²) in [7, 11) is 0. The zero-order chi connectivity index (χ0) is 27.1. The molecule has 0 unspecified atom stereocenters. The quantitative estimate of drug-likeness (QED) is 0.229. The van der Waals surface area contributed by atoms with Crippen molar-refractivity contribution in [3.8, 4) is 22.5 Å². The minimum Gasteiger partial charge on any atom is -0.478 e. The number of carboxylic acid groups (broad SMARTS) is 1. The summed E-state index contributed by atoms with van der Waals surface area (Å²) in [6.45, 7) is 9.60. The molecule has 0 fully saturated rings. The van der Waals surface area contributed by atoms with Crippen LogP contribution in [0.3, 0.4) is 0 Å². The number of carbonyl (C=O) groups is 1. The van der Waals surface area contributed by atoms with Gasteiger partial charge in [-0.2, -0.15) is 5.10 Å².